The van der Waals surface area contributed by atoms with Crippen molar-refractivity contribution in [3.63, 3.8) is 0 Å². The van der Waals surface area contributed by atoms with E-state index in [1.165, 1.54) is 29.2 Å². The summed E-state index contributed by atoms with van der Waals surface area (Å²) in [6, 6.07) is 30.4. The van der Waals surface area contributed by atoms with Crippen molar-refractivity contribution in [3.05, 3.63) is 141 Å². The number of hydrogen-bond donors (Lipinski definition) is 1. The van der Waals surface area contributed by atoms with Crippen LogP contribution in [0.3, 0.4) is 0 Å². The standard InChI is InChI=1S/C33H24N4O5/c38-27(18-20-14-16-22(17-15-20)37(41)42)35-34-19-33-25-12-6-4-10-23(25)28(24-11-5-7-13-26(24)33)29-30(33)32(40)36(31(29)39)21-8-2-1-3-9-21/h1-17,19,28-30H,18H2,(H,35,38)/b34-19+. The van der Waals surface area contributed by atoms with Gasteiger partial charge in [0.25, 0.3) is 5.69 Å². The van der Waals surface area contributed by atoms with Crippen LogP contribution in [-0.2, 0) is 26.2 Å². The van der Waals surface area contributed by atoms with E-state index in [0.29, 0.717) is 11.3 Å². The third kappa shape index (κ3) is 3.63. The first-order chi connectivity index (χ1) is 20.4. The predicted octanol–water partition coefficient (Wildman–Crippen LogP) is 4.49. The van der Waals surface area contributed by atoms with E-state index in [9.17, 15) is 24.5 Å². The van der Waals surface area contributed by atoms with Crippen LogP contribution in [0.5, 0.6) is 0 Å². The predicted molar refractivity (Wildman–Crippen MR) is 155 cm³/mol. The van der Waals surface area contributed by atoms with Gasteiger partial charge in [-0.15, -0.1) is 0 Å². The Morgan fingerprint density at radius 1 is 0.857 bits per heavy atom. The van der Waals surface area contributed by atoms with Crippen LogP contribution >= 0.6 is 0 Å². The Bertz CT molecular complexity index is 1750. The summed E-state index contributed by atoms with van der Waals surface area (Å²) in [5.74, 6) is -2.64. The summed E-state index contributed by atoms with van der Waals surface area (Å²) in [5, 5.41) is 15.4. The number of imide groups is 1. The van der Waals surface area contributed by atoms with Crippen molar-refractivity contribution in [1.82, 2.24) is 5.43 Å². The molecule has 2 unspecified atom stereocenters. The second-order valence-electron chi connectivity index (χ2n) is 10.8. The maximum Gasteiger partial charge on any atom is 0.269 e. The van der Waals surface area contributed by atoms with Crippen LogP contribution in [0, 0.1) is 22.0 Å². The average Bonchev–Trinajstić information content (AvgIpc) is 3.28. The fourth-order valence-corrected chi connectivity index (χ4v) is 7.05. The van der Waals surface area contributed by atoms with Gasteiger partial charge in [0.2, 0.25) is 17.7 Å². The first-order valence-corrected chi connectivity index (χ1v) is 13.6. The van der Waals surface area contributed by atoms with E-state index in [2.05, 4.69) is 10.5 Å². The molecule has 2 atom stereocenters. The zero-order valence-corrected chi connectivity index (χ0v) is 22.2. The number of hydrogen-bond acceptors (Lipinski definition) is 6. The summed E-state index contributed by atoms with van der Waals surface area (Å²) in [6.45, 7) is 0. The summed E-state index contributed by atoms with van der Waals surface area (Å²) in [5.41, 5.74) is 6.27. The lowest BCUT2D eigenvalue weighted by molar-refractivity contribution is -0.384. The largest absolute Gasteiger partial charge is 0.274 e. The molecule has 3 amide bonds. The lowest BCUT2D eigenvalue weighted by Crippen LogP contribution is -2.54. The number of nitrogens with zero attached hydrogens (tertiary/aromatic N) is 3. The Labute approximate surface area is 240 Å². The van der Waals surface area contributed by atoms with Crippen LogP contribution in [0.2, 0.25) is 0 Å². The number of para-hydroxylation sites is 1. The van der Waals surface area contributed by atoms with E-state index >= 15 is 0 Å². The number of rotatable bonds is 6. The fraction of sp³-hybridized carbons (Fsp3) is 0.152. The Balaban J connectivity index is 1.30. The highest BCUT2D eigenvalue weighted by Crippen LogP contribution is 2.63. The number of benzene rings is 4. The van der Waals surface area contributed by atoms with Crippen molar-refractivity contribution in [2.75, 3.05) is 4.90 Å². The average molecular weight is 557 g/mol. The van der Waals surface area contributed by atoms with E-state index < -0.39 is 28.1 Å². The first kappa shape index (κ1) is 25.5. The van der Waals surface area contributed by atoms with Gasteiger partial charge in [-0.2, -0.15) is 5.10 Å². The summed E-state index contributed by atoms with van der Waals surface area (Å²) in [7, 11) is 0. The zero-order chi connectivity index (χ0) is 29.0. The molecule has 9 heteroatoms. The van der Waals surface area contributed by atoms with Gasteiger partial charge in [0.1, 0.15) is 0 Å². The lowest BCUT2D eigenvalue weighted by atomic mass is 9.47. The molecule has 206 valence electrons. The zero-order valence-electron chi connectivity index (χ0n) is 22.2. The molecule has 2 bridgehead atoms. The lowest BCUT2D eigenvalue weighted by Gasteiger charge is -2.52. The molecule has 1 aliphatic heterocycles. The van der Waals surface area contributed by atoms with E-state index in [0.717, 1.165) is 22.3 Å². The SMILES string of the molecule is O=C(Cc1ccc([N+](=O)[O-])cc1)N/N=C/C12c3ccccc3C(c3ccccc31)C1C(=O)N(c3ccccc3)C(=O)C12. The number of anilines is 1. The maximum absolute atomic E-state index is 14.3. The second kappa shape index (κ2) is 9.59. The number of carbonyl (C=O) groups excluding carboxylic acids is 3. The minimum atomic E-state index is -1.09. The van der Waals surface area contributed by atoms with Crippen LogP contribution in [-0.4, -0.2) is 28.9 Å². The normalized spacial score (nSPS) is 23.4. The van der Waals surface area contributed by atoms with Gasteiger partial charge in [-0.25, -0.2) is 10.3 Å². The number of hydrazone groups is 1. The molecule has 1 heterocycles. The fourth-order valence-electron chi connectivity index (χ4n) is 7.05. The van der Waals surface area contributed by atoms with Gasteiger partial charge in [0.05, 0.1) is 34.3 Å². The quantitative estimate of drug-likeness (QED) is 0.162. The van der Waals surface area contributed by atoms with Crippen LogP contribution < -0.4 is 10.3 Å². The second-order valence-corrected chi connectivity index (χ2v) is 10.8. The number of amides is 3. The molecule has 42 heavy (non-hydrogen) atoms. The monoisotopic (exact) mass is 556 g/mol. The third-order valence-corrected chi connectivity index (χ3v) is 8.67. The topological polar surface area (TPSA) is 122 Å². The number of nitro groups is 1. The Morgan fingerprint density at radius 3 is 2.07 bits per heavy atom. The molecule has 4 aromatic rings. The van der Waals surface area contributed by atoms with E-state index in [-0.39, 0.29) is 29.8 Å². The molecule has 1 N–H and O–H groups in total. The maximum atomic E-state index is 14.3. The van der Waals surface area contributed by atoms with Crippen molar-refractivity contribution in [2.45, 2.75) is 17.8 Å². The summed E-state index contributed by atoms with van der Waals surface area (Å²) < 4.78 is 0. The Morgan fingerprint density at radius 2 is 1.45 bits per heavy atom. The molecule has 1 fully saturated rings. The van der Waals surface area contributed by atoms with Crippen molar-refractivity contribution < 1.29 is 19.3 Å². The molecule has 0 saturated carbocycles. The van der Waals surface area contributed by atoms with Gasteiger partial charge in [0, 0.05) is 24.3 Å². The first-order valence-electron chi connectivity index (χ1n) is 13.6. The summed E-state index contributed by atoms with van der Waals surface area (Å²) >= 11 is 0. The smallest absolute Gasteiger partial charge is 0.269 e. The third-order valence-electron chi connectivity index (χ3n) is 8.67. The molecule has 1 saturated heterocycles. The van der Waals surface area contributed by atoms with Crippen molar-refractivity contribution in [2.24, 2.45) is 16.9 Å². The van der Waals surface area contributed by atoms with Crippen LogP contribution in [0.25, 0.3) is 0 Å². The van der Waals surface area contributed by atoms with Gasteiger partial charge < -0.3 is 0 Å². The van der Waals surface area contributed by atoms with Gasteiger partial charge in [0.15, 0.2) is 0 Å². The van der Waals surface area contributed by atoms with Gasteiger partial charge in [-0.1, -0.05) is 78.9 Å². The number of carbonyl (C=O) groups is 3. The van der Waals surface area contributed by atoms with Crippen LogP contribution in [0.4, 0.5) is 11.4 Å². The number of nitrogens with one attached hydrogen (secondary N) is 1. The molecule has 4 aliphatic rings. The minimum absolute atomic E-state index is 0.0389. The van der Waals surface area contributed by atoms with Gasteiger partial charge >= 0.3 is 0 Å². The Kier molecular flexibility index (Phi) is 5.83. The summed E-state index contributed by atoms with van der Waals surface area (Å²) in [4.78, 5) is 53.0. The number of non-ortho nitro benzene ring substituents is 1. The van der Waals surface area contributed by atoms with Crippen LogP contribution in [0.1, 0.15) is 33.7 Å². The minimum Gasteiger partial charge on any atom is -0.274 e. The van der Waals surface area contributed by atoms with E-state index in [1.54, 1.807) is 30.5 Å². The van der Waals surface area contributed by atoms with Gasteiger partial charge in [-0.05, 0) is 39.9 Å². The highest BCUT2D eigenvalue weighted by Gasteiger charge is 2.68. The molecule has 0 aromatic heterocycles. The highest BCUT2D eigenvalue weighted by atomic mass is 16.6. The molecule has 8 rings (SSSR count). The molecule has 4 aromatic carbocycles. The summed E-state index contributed by atoms with van der Waals surface area (Å²) in [6.07, 6.45) is 1.58. The molecule has 0 spiro atoms. The molecule has 0 radical (unpaired) electrons. The van der Waals surface area contributed by atoms with Crippen molar-refractivity contribution in [3.8, 4) is 0 Å². The van der Waals surface area contributed by atoms with Crippen molar-refractivity contribution in [1.29, 1.82) is 0 Å². The molecular formula is C33H24N4O5. The van der Waals surface area contributed by atoms with E-state index in [4.69, 9.17) is 0 Å². The van der Waals surface area contributed by atoms with Gasteiger partial charge in [-0.3, -0.25) is 24.5 Å². The van der Waals surface area contributed by atoms with Crippen molar-refractivity contribution >= 4 is 35.3 Å². The molecule has 3 aliphatic carbocycles. The Hall–Kier alpha value is -5.44. The van der Waals surface area contributed by atoms with Crippen LogP contribution in [0.15, 0.2) is 108 Å². The molecular weight excluding hydrogens is 532 g/mol. The van der Waals surface area contributed by atoms with E-state index in [1.807, 2.05) is 54.6 Å². The molecule has 9 nitrogen and oxygen atoms in total. The number of nitro benzene ring substituents is 1. The highest BCUT2D eigenvalue weighted by molar-refractivity contribution is 6.25.